The maximum absolute atomic E-state index is 12.4. The Labute approximate surface area is 181 Å². The summed E-state index contributed by atoms with van der Waals surface area (Å²) in [7, 11) is 0. The molecule has 0 spiro atoms. The van der Waals surface area contributed by atoms with Crippen molar-refractivity contribution in [2.45, 2.75) is 0 Å². The zero-order valence-electron chi connectivity index (χ0n) is 15.6. The van der Waals surface area contributed by atoms with E-state index in [1.165, 1.54) is 0 Å². The highest BCUT2D eigenvalue weighted by Crippen LogP contribution is 2.36. The van der Waals surface area contributed by atoms with E-state index in [1.807, 2.05) is 30.3 Å². The first-order valence-corrected chi connectivity index (χ1v) is 10.5. The van der Waals surface area contributed by atoms with Crippen molar-refractivity contribution < 1.29 is 14.3 Å². The van der Waals surface area contributed by atoms with Gasteiger partial charge in [0.05, 0.1) is 15.2 Å². The molecule has 2 N–H and O–H groups in total. The molecule has 0 saturated heterocycles. The Morgan fingerprint density at radius 3 is 2.47 bits per heavy atom. The van der Waals surface area contributed by atoms with Gasteiger partial charge in [-0.25, -0.2) is 9.78 Å². The van der Waals surface area contributed by atoms with E-state index in [9.17, 15) is 4.79 Å². The zero-order chi connectivity index (χ0) is 20.5. The first-order chi connectivity index (χ1) is 14.7. The summed E-state index contributed by atoms with van der Waals surface area (Å²) in [5, 5.41) is 6.94. The molecule has 2 heterocycles. The number of carbonyl (C=O) groups is 1. The second kappa shape index (κ2) is 7.85. The Hall–Kier alpha value is -3.29. The van der Waals surface area contributed by atoms with Crippen molar-refractivity contribution in [1.82, 2.24) is 4.98 Å². The third-order valence-corrected chi connectivity index (χ3v) is 5.93. The second-order valence-corrected chi connectivity index (χ2v) is 8.06. The molecule has 150 valence electrons. The van der Waals surface area contributed by atoms with E-state index in [4.69, 9.17) is 21.1 Å². The maximum atomic E-state index is 12.4. The van der Waals surface area contributed by atoms with Crippen LogP contribution in [-0.2, 0) is 0 Å². The van der Waals surface area contributed by atoms with Crippen LogP contribution in [-0.4, -0.2) is 24.2 Å². The summed E-state index contributed by atoms with van der Waals surface area (Å²) in [6, 6.07) is 18.2. The van der Waals surface area contributed by atoms with E-state index >= 15 is 0 Å². The molecule has 0 saturated carbocycles. The number of urea groups is 1. The van der Waals surface area contributed by atoms with Crippen LogP contribution in [0.1, 0.15) is 0 Å². The standard InChI is InChI=1S/C22H16ClN3O3S/c23-16-11-13(5-7-15(16)21-26-17-3-1-2-4-20(17)30-21)24-22(27)25-14-6-8-18-19(12-14)29-10-9-28-18/h1-8,11-12H,9-10H2,(H2,24,25,27). The Morgan fingerprint density at radius 1 is 0.933 bits per heavy atom. The molecule has 5 rings (SSSR count). The third kappa shape index (κ3) is 3.77. The molecule has 0 aliphatic carbocycles. The van der Waals surface area contributed by atoms with Gasteiger partial charge in [0, 0.05) is 23.0 Å². The number of nitrogens with one attached hydrogen (secondary N) is 2. The molecule has 1 aromatic heterocycles. The van der Waals surface area contributed by atoms with Crippen LogP contribution >= 0.6 is 22.9 Å². The molecule has 30 heavy (non-hydrogen) atoms. The molecule has 0 bridgehead atoms. The number of nitrogens with zero attached hydrogens (tertiary/aromatic N) is 1. The molecule has 2 amide bonds. The number of hydrogen-bond acceptors (Lipinski definition) is 5. The van der Waals surface area contributed by atoms with Gasteiger partial charge >= 0.3 is 6.03 Å². The molecule has 0 atom stereocenters. The van der Waals surface area contributed by atoms with Crippen LogP contribution in [0.3, 0.4) is 0 Å². The highest BCUT2D eigenvalue weighted by atomic mass is 35.5. The molecule has 8 heteroatoms. The highest BCUT2D eigenvalue weighted by Gasteiger charge is 2.14. The van der Waals surface area contributed by atoms with Crippen LogP contribution in [0.15, 0.2) is 60.7 Å². The lowest BCUT2D eigenvalue weighted by atomic mass is 10.2. The summed E-state index contributed by atoms with van der Waals surface area (Å²) < 4.78 is 12.1. The van der Waals surface area contributed by atoms with Crippen molar-refractivity contribution in [2.75, 3.05) is 23.8 Å². The lowest BCUT2D eigenvalue weighted by Gasteiger charge is -2.19. The average Bonchev–Trinajstić information content (AvgIpc) is 3.17. The first kappa shape index (κ1) is 18.7. The van der Waals surface area contributed by atoms with E-state index in [0.29, 0.717) is 41.1 Å². The van der Waals surface area contributed by atoms with Gasteiger partial charge < -0.3 is 20.1 Å². The Balaban J connectivity index is 1.30. The van der Waals surface area contributed by atoms with E-state index in [1.54, 1.807) is 41.7 Å². The highest BCUT2D eigenvalue weighted by molar-refractivity contribution is 7.21. The molecule has 0 fully saturated rings. The van der Waals surface area contributed by atoms with Crippen LogP contribution in [0.25, 0.3) is 20.8 Å². The van der Waals surface area contributed by atoms with E-state index in [0.717, 1.165) is 20.8 Å². The summed E-state index contributed by atoms with van der Waals surface area (Å²) in [4.78, 5) is 17.0. The first-order valence-electron chi connectivity index (χ1n) is 9.29. The summed E-state index contributed by atoms with van der Waals surface area (Å²) in [6.07, 6.45) is 0. The largest absolute Gasteiger partial charge is 0.486 e. The fraction of sp³-hybridized carbons (Fsp3) is 0.0909. The molecule has 0 unspecified atom stereocenters. The smallest absolute Gasteiger partial charge is 0.323 e. The van der Waals surface area contributed by atoms with Crippen LogP contribution < -0.4 is 20.1 Å². The molecular formula is C22H16ClN3O3S. The quantitative estimate of drug-likeness (QED) is 0.410. The predicted molar refractivity (Wildman–Crippen MR) is 120 cm³/mol. The second-order valence-electron chi connectivity index (χ2n) is 6.62. The number of fused-ring (bicyclic) bond motifs is 2. The van der Waals surface area contributed by atoms with Crippen LogP contribution in [0.2, 0.25) is 5.02 Å². The Morgan fingerprint density at radius 2 is 1.67 bits per heavy atom. The van der Waals surface area contributed by atoms with Gasteiger partial charge in [-0.3, -0.25) is 0 Å². The number of aromatic nitrogens is 1. The molecule has 6 nitrogen and oxygen atoms in total. The van der Waals surface area contributed by atoms with Crippen LogP contribution in [0.5, 0.6) is 11.5 Å². The molecule has 3 aromatic carbocycles. The normalized spacial score (nSPS) is 12.6. The van der Waals surface area contributed by atoms with Gasteiger partial charge in [-0.1, -0.05) is 23.7 Å². The van der Waals surface area contributed by atoms with Gasteiger partial charge in [-0.15, -0.1) is 11.3 Å². The lowest BCUT2D eigenvalue weighted by molar-refractivity contribution is 0.171. The fourth-order valence-electron chi connectivity index (χ4n) is 3.17. The molecule has 0 radical (unpaired) electrons. The number of benzene rings is 3. The van der Waals surface area contributed by atoms with Gasteiger partial charge in [0.1, 0.15) is 18.2 Å². The van der Waals surface area contributed by atoms with Crippen molar-refractivity contribution in [2.24, 2.45) is 0 Å². The summed E-state index contributed by atoms with van der Waals surface area (Å²) in [6.45, 7) is 1.01. The molecule has 4 aromatic rings. The number of hydrogen-bond donors (Lipinski definition) is 2. The molecule has 1 aliphatic heterocycles. The number of amides is 2. The minimum atomic E-state index is -0.379. The summed E-state index contributed by atoms with van der Waals surface area (Å²) >= 11 is 8.06. The van der Waals surface area contributed by atoms with Crippen molar-refractivity contribution in [3.8, 4) is 22.1 Å². The molecular weight excluding hydrogens is 422 g/mol. The van der Waals surface area contributed by atoms with Crippen molar-refractivity contribution in [3.05, 3.63) is 65.7 Å². The van der Waals surface area contributed by atoms with E-state index in [-0.39, 0.29) is 6.03 Å². The number of ether oxygens (including phenoxy) is 2. The minimum Gasteiger partial charge on any atom is -0.486 e. The predicted octanol–water partition coefficient (Wildman–Crippen LogP) is 6.03. The fourth-order valence-corrected chi connectivity index (χ4v) is 4.50. The maximum Gasteiger partial charge on any atom is 0.323 e. The van der Waals surface area contributed by atoms with Crippen LogP contribution in [0, 0.1) is 0 Å². The van der Waals surface area contributed by atoms with Crippen LogP contribution in [0.4, 0.5) is 16.2 Å². The number of para-hydroxylation sites is 1. The van der Waals surface area contributed by atoms with Crippen molar-refractivity contribution >= 4 is 50.6 Å². The van der Waals surface area contributed by atoms with Crippen molar-refractivity contribution in [3.63, 3.8) is 0 Å². The van der Waals surface area contributed by atoms with Gasteiger partial charge in [0.2, 0.25) is 0 Å². The van der Waals surface area contributed by atoms with Crippen molar-refractivity contribution in [1.29, 1.82) is 0 Å². The SMILES string of the molecule is O=C(Nc1ccc(-c2nc3ccccc3s2)c(Cl)c1)Nc1ccc2c(c1)OCCO2. The monoisotopic (exact) mass is 437 g/mol. The number of halogens is 1. The van der Waals surface area contributed by atoms with E-state index < -0.39 is 0 Å². The summed E-state index contributed by atoms with van der Waals surface area (Å²) in [5.74, 6) is 1.28. The topological polar surface area (TPSA) is 72.5 Å². The minimum absolute atomic E-state index is 0.379. The number of thiazole rings is 1. The number of anilines is 2. The number of carbonyl (C=O) groups excluding carboxylic acids is 1. The van der Waals surface area contributed by atoms with Gasteiger partial charge in [0.25, 0.3) is 0 Å². The zero-order valence-corrected chi connectivity index (χ0v) is 17.2. The Kier molecular flexibility index (Phi) is 4.90. The summed E-state index contributed by atoms with van der Waals surface area (Å²) in [5.41, 5.74) is 2.96. The van der Waals surface area contributed by atoms with Gasteiger partial charge in [0.15, 0.2) is 11.5 Å². The Bertz CT molecular complexity index is 1220. The third-order valence-electron chi connectivity index (χ3n) is 4.55. The van der Waals surface area contributed by atoms with E-state index in [2.05, 4.69) is 15.6 Å². The average molecular weight is 438 g/mol. The van der Waals surface area contributed by atoms with Gasteiger partial charge in [-0.2, -0.15) is 0 Å². The lowest BCUT2D eigenvalue weighted by Crippen LogP contribution is -2.20. The number of rotatable bonds is 3. The molecule has 1 aliphatic rings. The van der Waals surface area contributed by atoms with Gasteiger partial charge in [-0.05, 0) is 42.5 Å².